The highest BCUT2D eigenvalue weighted by Crippen LogP contribution is 2.33. The SMILES string of the molecule is O=C1OCCC(O)(O)C(O)(O)C1(O)O. The molecule has 0 aliphatic carbocycles. The third-order valence-electron chi connectivity index (χ3n) is 2.01. The maximum atomic E-state index is 10.8. The number of cyclic esters (lactones) is 1. The van der Waals surface area contributed by atoms with Gasteiger partial charge < -0.3 is 35.4 Å². The van der Waals surface area contributed by atoms with Gasteiger partial charge in [-0.3, -0.25) is 0 Å². The Labute approximate surface area is 77.6 Å². The van der Waals surface area contributed by atoms with Gasteiger partial charge in [0.25, 0.3) is 5.79 Å². The largest absolute Gasteiger partial charge is 0.461 e. The van der Waals surface area contributed by atoms with Gasteiger partial charge in [0.15, 0.2) is 0 Å². The van der Waals surface area contributed by atoms with Crippen LogP contribution in [0.5, 0.6) is 0 Å². The lowest BCUT2D eigenvalue weighted by Crippen LogP contribution is -2.70. The topological polar surface area (TPSA) is 148 Å². The number of esters is 1. The van der Waals surface area contributed by atoms with E-state index in [2.05, 4.69) is 4.74 Å². The van der Waals surface area contributed by atoms with E-state index in [1.54, 1.807) is 0 Å². The fourth-order valence-corrected chi connectivity index (χ4v) is 0.982. The minimum absolute atomic E-state index is 0.586. The Morgan fingerprint density at radius 1 is 1.07 bits per heavy atom. The van der Waals surface area contributed by atoms with Crippen LogP contribution in [-0.4, -0.2) is 60.6 Å². The van der Waals surface area contributed by atoms with Crippen LogP contribution in [0, 0.1) is 0 Å². The van der Waals surface area contributed by atoms with E-state index in [9.17, 15) is 4.79 Å². The Hall–Kier alpha value is -0.770. The highest BCUT2D eigenvalue weighted by atomic mass is 16.7. The van der Waals surface area contributed by atoms with Crippen LogP contribution in [0.2, 0.25) is 0 Å². The van der Waals surface area contributed by atoms with Crippen molar-refractivity contribution in [2.75, 3.05) is 6.61 Å². The number of carbonyl (C=O) groups is 1. The van der Waals surface area contributed by atoms with E-state index in [1.807, 2.05) is 0 Å². The molecule has 8 heteroatoms. The van der Waals surface area contributed by atoms with Gasteiger partial charge in [-0.25, -0.2) is 4.79 Å². The summed E-state index contributed by atoms with van der Waals surface area (Å²) >= 11 is 0. The molecule has 1 fully saturated rings. The molecule has 14 heavy (non-hydrogen) atoms. The van der Waals surface area contributed by atoms with Crippen LogP contribution in [-0.2, 0) is 9.53 Å². The Morgan fingerprint density at radius 3 is 2.07 bits per heavy atom. The molecule has 0 atom stereocenters. The normalized spacial score (nSPS) is 29.1. The van der Waals surface area contributed by atoms with Gasteiger partial charge in [0.2, 0.25) is 5.79 Å². The standard InChI is InChI=1S/C6H10O8/c7-3-5(10,11)6(12,13)4(8,9)1-2-14-3/h8-13H,1-2H2. The first-order valence-electron chi connectivity index (χ1n) is 3.64. The first kappa shape index (κ1) is 11.3. The molecule has 1 saturated heterocycles. The molecule has 1 aliphatic heterocycles. The second-order valence-electron chi connectivity index (χ2n) is 3.05. The molecule has 1 rings (SSSR count). The van der Waals surface area contributed by atoms with Gasteiger partial charge in [-0.2, -0.15) is 0 Å². The van der Waals surface area contributed by atoms with Crippen molar-refractivity contribution >= 4 is 5.97 Å². The van der Waals surface area contributed by atoms with Gasteiger partial charge in [0, 0.05) is 6.42 Å². The predicted octanol–water partition coefficient (Wildman–Crippen LogP) is -4.02. The molecule has 0 amide bonds. The van der Waals surface area contributed by atoms with Crippen LogP contribution in [0.3, 0.4) is 0 Å². The summed E-state index contributed by atoms with van der Waals surface area (Å²) < 4.78 is 4.11. The van der Waals surface area contributed by atoms with Gasteiger partial charge in [0.1, 0.15) is 0 Å². The van der Waals surface area contributed by atoms with Crippen LogP contribution in [0.1, 0.15) is 6.42 Å². The first-order valence-corrected chi connectivity index (χ1v) is 3.64. The molecule has 0 saturated carbocycles. The molecule has 0 aromatic rings. The summed E-state index contributed by atoms with van der Waals surface area (Å²) in [4.78, 5) is 10.8. The van der Waals surface area contributed by atoms with Crippen LogP contribution >= 0.6 is 0 Å². The zero-order chi connectivity index (χ0) is 11.2. The van der Waals surface area contributed by atoms with E-state index in [-0.39, 0.29) is 0 Å². The highest BCUT2D eigenvalue weighted by Gasteiger charge is 2.67. The molecule has 0 aromatic heterocycles. The predicted molar refractivity (Wildman–Crippen MR) is 37.1 cm³/mol. The van der Waals surface area contributed by atoms with Crippen molar-refractivity contribution in [3.63, 3.8) is 0 Å². The van der Waals surface area contributed by atoms with Gasteiger partial charge in [0.05, 0.1) is 6.61 Å². The minimum Gasteiger partial charge on any atom is -0.461 e. The number of hydrogen-bond acceptors (Lipinski definition) is 8. The number of hydrogen-bond donors (Lipinski definition) is 6. The van der Waals surface area contributed by atoms with E-state index in [4.69, 9.17) is 30.6 Å². The van der Waals surface area contributed by atoms with Crippen LogP contribution in [0.4, 0.5) is 0 Å². The van der Waals surface area contributed by atoms with Crippen molar-refractivity contribution < 1.29 is 40.2 Å². The molecule has 82 valence electrons. The molecule has 6 N–H and O–H groups in total. The average Bonchev–Trinajstić information content (AvgIpc) is 2.05. The zero-order valence-corrected chi connectivity index (χ0v) is 6.91. The van der Waals surface area contributed by atoms with Crippen molar-refractivity contribution in [3.8, 4) is 0 Å². The number of carbonyl (C=O) groups excluding carboxylic acids is 1. The number of aliphatic hydroxyl groups is 6. The average molecular weight is 210 g/mol. The zero-order valence-electron chi connectivity index (χ0n) is 6.91. The van der Waals surface area contributed by atoms with Gasteiger partial charge >= 0.3 is 11.8 Å². The smallest absolute Gasteiger partial charge is 0.372 e. The molecule has 8 nitrogen and oxygen atoms in total. The fraction of sp³-hybridized carbons (Fsp3) is 0.833. The first-order chi connectivity index (χ1) is 6.13. The Kier molecular flexibility index (Phi) is 2.31. The second-order valence-corrected chi connectivity index (χ2v) is 3.05. The summed E-state index contributed by atoms with van der Waals surface area (Å²) in [5, 5.41) is 54.0. The summed E-state index contributed by atoms with van der Waals surface area (Å²) in [7, 11) is 0. The number of rotatable bonds is 0. The Morgan fingerprint density at radius 2 is 1.57 bits per heavy atom. The maximum absolute atomic E-state index is 10.8. The van der Waals surface area contributed by atoms with Crippen molar-refractivity contribution in [2.45, 2.75) is 23.8 Å². The molecule has 1 heterocycles. The van der Waals surface area contributed by atoms with E-state index in [1.165, 1.54) is 0 Å². The number of ether oxygens (including phenoxy) is 1. The molecule has 0 aromatic carbocycles. The highest BCUT2D eigenvalue weighted by molar-refractivity contribution is 5.79. The van der Waals surface area contributed by atoms with Crippen LogP contribution in [0.25, 0.3) is 0 Å². The van der Waals surface area contributed by atoms with E-state index in [0.717, 1.165) is 0 Å². The lowest BCUT2D eigenvalue weighted by Gasteiger charge is -2.38. The third kappa shape index (κ3) is 1.29. The second kappa shape index (κ2) is 2.86. The summed E-state index contributed by atoms with van der Waals surface area (Å²) in [6.07, 6.45) is -0.769. The summed E-state index contributed by atoms with van der Waals surface area (Å²) in [5.41, 5.74) is 0. The summed E-state index contributed by atoms with van der Waals surface area (Å²) in [6.45, 7) is -0.586. The maximum Gasteiger partial charge on any atom is 0.372 e. The molecule has 0 bridgehead atoms. The van der Waals surface area contributed by atoms with Crippen molar-refractivity contribution in [2.24, 2.45) is 0 Å². The molecule has 1 aliphatic rings. The molecular weight excluding hydrogens is 200 g/mol. The molecule has 0 spiro atoms. The lowest BCUT2D eigenvalue weighted by atomic mass is 9.95. The quantitative estimate of drug-likeness (QED) is 0.175. The van der Waals surface area contributed by atoms with Gasteiger partial charge in [-0.1, -0.05) is 0 Å². The van der Waals surface area contributed by atoms with Gasteiger partial charge in [-0.15, -0.1) is 0 Å². The van der Waals surface area contributed by atoms with E-state index in [0.29, 0.717) is 0 Å². The van der Waals surface area contributed by atoms with Crippen molar-refractivity contribution in [3.05, 3.63) is 0 Å². The van der Waals surface area contributed by atoms with E-state index < -0.39 is 36.4 Å². The minimum atomic E-state index is -3.83. The Balaban J connectivity index is 3.19. The summed E-state index contributed by atoms with van der Waals surface area (Å²) in [6, 6.07) is 0. The van der Waals surface area contributed by atoms with E-state index >= 15 is 0 Å². The third-order valence-corrected chi connectivity index (χ3v) is 2.01. The van der Waals surface area contributed by atoms with Crippen LogP contribution in [0.15, 0.2) is 0 Å². The molecule has 0 unspecified atom stereocenters. The lowest BCUT2D eigenvalue weighted by molar-refractivity contribution is -0.436. The fourth-order valence-electron chi connectivity index (χ4n) is 0.982. The van der Waals surface area contributed by atoms with Crippen molar-refractivity contribution in [1.82, 2.24) is 0 Å². The van der Waals surface area contributed by atoms with Crippen LogP contribution < -0.4 is 0 Å². The summed E-state index contributed by atoms with van der Waals surface area (Å²) in [5.74, 6) is -12.7. The van der Waals surface area contributed by atoms with Crippen molar-refractivity contribution in [1.29, 1.82) is 0 Å². The molecule has 0 radical (unpaired) electrons. The van der Waals surface area contributed by atoms with Gasteiger partial charge in [-0.05, 0) is 0 Å². The monoisotopic (exact) mass is 210 g/mol. The molecular formula is C6H10O8. The Bertz CT molecular complexity index is 255.